The van der Waals surface area contributed by atoms with Gasteiger partial charge < -0.3 is 10.2 Å². The van der Waals surface area contributed by atoms with Gasteiger partial charge in [-0.3, -0.25) is 4.79 Å². The first-order valence-corrected chi connectivity index (χ1v) is 9.26. The number of nitrogens with zero attached hydrogens (tertiary/aromatic N) is 3. The van der Waals surface area contributed by atoms with Gasteiger partial charge in [-0.1, -0.05) is 44.2 Å². The molecule has 2 heterocycles. The van der Waals surface area contributed by atoms with Crippen molar-refractivity contribution in [3.8, 4) is 11.5 Å². The van der Waals surface area contributed by atoms with E-state index in [2.05, 4.69) is 15.2 Å². The highest BCUT2D eigenvalue weighted by atomic mass is 16.3. The van der Waals surface area contributed by atoms with Crippen molar-refractivity contribution in [3.63, 3.8) is 0 Å². The first-order valence-electron chi connectivity index (χ1n) is 9.26. The summed E-state index contributed by atoms with van der Waals surface area (Å²) < 4.78 is 0. The largest absolute Gasteiger partial charge is 0.505 e. The van der Waals surface area contributed by atoms with Crippen LogP contribution in [0.4, 0.5) is 0 Å². The van der Waals surface area contributed by atoms with Gasteiger partial charge in [-0.05, 0) is 17.4 Å². The Morgan fingerprint density at radius 1 is 1.04 bits per heavy atom. The Hall–Kier alpha value is -3.28. The number of aromatic hydroxyl groups is 2. The molecule has 6 nitrogen and oxygen atoms in total. The second-order valence-corrected chi connectivity index (χ2v) is 8.32. The third-order valence-electron chi connectivity index (χ3n) is 5.67. The molecule has 0 spiro atoms. The van der Waals surface area contributed by atoms with E-state index >= 15 is 0 Å². The molecule has 0 fully saturated rings. The lowest BCUT2D eigenvalue weighted by atomic mass is 9.69. The van der Waals surface area contributed by atoms with E-state index in [1.165, 1.54) is 6.21 Å². The normalized spacial score (nSPS) is 21.5. The van der Waals surface area contributed by atoms with Crippen molar-refractivity contribution in [2.45, 2.75) is 32.6 Å². The zero-order chi connectivity index (χ0) is 19.6. The predicted molar refractivity (Wildman–Crippen MR) is 103 cm³/mol. The third-order valence-corrected chi connectivity index (χ3v) is 5.67. The maximum Gasteiger partial charge on any atom is 0.162 e. The lowest BCUT2D eigenvalue weighted by Gasteiger charge is -2.36. The molecule has 1 atom stereocenters. The molecule has 5 rings (SSSR count). The van der Waals surface area contributed by atoms with Crippen LogP contribution in [0.1, 0.15) is 49.3 Å². The van der Waals surface area contributed by atoms with Crippen molar-refractivity contribution in [2.24, 2.45) is 20.6 Å². The van der Waals surface area contributed by atoms with Crippen molar-refractivity contribution in [1.82, 2.24) is 0 Å². The third kappa shape index (κ3) is 2.27. The molecule has 2 aromatic carbocycles. The number of phenols is 2. The molecule has 28 heavy (non-hydrogen) atoms. The van der Waals surface area contributed by atoms with Crippen molar-refractivity contribution in [3.05, 3.63) is 69.0 Å². The highest BCUT2D eigenvalue weighted by Gasteiger charge is 2.41. The minimum Gasteiger partial charge on any atom is -0.505 e. The number of ketones is 1. The van der Waals surface area contributed by atoms with Crippen LogP contribution in [-0.4, -0.2) is 22.2 Å². The van der Waals surface area contributed by atoms with Crippen LogP contribution >= 0.6 is 0 Å². The molecule has 2 aliphatic heterocycles. The van der Waals surface area contributed by atoms with Crippen LogP contribution in [0.5, 0.6) is 11.5 Å². The molecule has 140 valence electrons. The van der Waals surface area contributed by atoms with Crippen LogP contribution in [0, 0.1) is 5.41 Å². The van der Waals surface area contributed by atoms with Crippen molar-refractivity contribution in [2.75, 3.05) is 0 Å². The Bertz CT molecular complexity index is 1220. The van der Waals surface area contributed by atoms with Crippen LogP contribution < -0.4 is 10.7 Å². The van der Waals surface area contributed by atoms with Crippen molar-refractivity contribution in [1.29, 1.82) is 0 Å². The molecule has 6 heteroatoms. The number of carbonyl (C=O) groups is 1. The van der Waals surface area contributed by atoms with Gasteiger partial charge in [0.25, 0.3) is 0 Å². The van der Waals surface area contributed by atoms with E-state index in [9.17, 15) is 15.0 Å². The number of Topliss-reactive ketones (excluding diaryl/α,β-unsaturated/α-hetero) is 1. The molecule has 0 bridgehead atoms. The van der Waals surface area contributed by atoms with Gasteiger partial charge in [0.05, 0.1) is 11.8 Å². The van der Waals surface area contributed by atoms with Crippen molar-refractivity contribution >= 4 is 12.0 Å². The summed E-state index contributed by atoms with van der Waals surface area (Å²) in [5.74, 6) is -0.612. The van der Waals surface area contributed by atoms with Crippen LogP contribution in [0.2, 0.25) is 0 Å². The maximum absolute atomic E-state index is 13.2. The fraction of sp³-hybridized carbons (Fsp3) is 0.273. The van der Waals surface area contributed by atoms with Gasteiger partial charge in [-0.2, -0.15) is 5.10 Å². The smallest absolute Gasteiger partial charge is 0.162 e. The monoisotopic (exact) mass is 373 g/mol. The highest BCUT2D eigenvalue weighted by Crippen LogP contribution is 2.47. The van der Waals surface area contributed by atoms with Gasteiger partial charge in [0, 0.05) is 29.2 Å². The number of hydrogen-bond acceptors (Lipinski definition) is 6. The van der Waals surface area contributed by atoms with Crippen LogP contribution in [0.25, 0.3) is 0 Å². The summed E-state index contributed by atoms with van der Waals surface area (Å²) in [6.07, 6.45) is 2.47. The van der Waals surface area contributed by atoms with E-state index in [0.717, 1.165) is 5.56 Å². The van der Waals surface area contributed by atoms with Gasteiger partial charge in [0.15, 0.2) is 11.5 Å². The van der Waals surface area contributed by atoms with E-state index in [-0.39, 0.29) is 28.1 Å². The summed E-state index contributed by atoms with van der Waals surface area (Å²) in [4.78, 5) is 17.8. The molecule has 0 radical (unpaired) electrons. The number of rotatable bonds is 1. The van der Waals surface area contributed by atoms with Crippen LogP contribution in [-0.2, 0) is 4.79 Å². The zero-order valence-electron chi connectivity index (χ0n) is 15.6. The van der Waals surface area contributed by atoms with E-state index in [0.29, 0.717) is 40.6 Å². The molecule has 0 saturated heterocycles. The molecule has 0 amide bonds. The Balaban J connectivity index is 1.91. The Morgan fingerprint density at radius 3 is 2.54 bits per heavy atom. The number of allylic oxidation sites excluding steroid dienone is 2. The lowest BCUT2D eigenvalue weighted by molar-refractivity contribution is -0.118. The Morgan fingerprint density at radius 2 is 1.79 bits per heavy atom. The van der Waals surface area contributed by atoms with Crippen molar-refractivity contribution < 1.29 is 15.0 Å². The van der Waals surface area contributed by atoms with Gasteiger partial charge >= 0.3 is 0 Å². The van der Waals surface area contributed by atoms with E-state index in [1.54, 1.807) is 0 Å². The topological polar surface area (TPSA) is 94.6 Å². The van der Waals surface area contributed by atoms with Gasteiger partial charge in [-0.15, -0.1) is 5.10 Å². The molecule has 0 aromatic heterocycles. The van der Waals surface area contributed by atoms with Crippen LogP contribution in [0.15, 0.2) is 56.8 Å². The molecule has 2 N–H and O–H groups in total. The first-order chi connectivity index (χ1) is 13.4. The lowest BCUT2D eigenvalue weighted by Crippen LogP contribution is -2.35. The average Bonchev–Trinajstić information content (AvgIpc) is 3.14. The Labute approximate surface area is 161 Å². The molecule has 2 aromatic rings. The zero-order valence-corrected chi connectivity index (χ0v) is 15.6. The Kier molecular flexibility index (Phi) is 3.38. The predicted octanol–water partition coefficient (Wildman–Crippen LogP) is 2.47. The van der Waals surface area contributed by atoms with Gasteiger partial charge in [0.1, 0.15) is 16.5 Å². The number of carbonyl (C=O) groups excluding carboxylic acids is 1. The van der Waals surface area contributed by atoms with E-state index in [1.807, 2.05) is 44.2 Å². The molecule has 1 aliphatic carbocycles. The number of benzene rings is 2. The summed E-state index contributed by atoms with van der Waals surface area (Å²) in [7, 11) is 0. The summed E-state index contributed by atoms with van der Waals surface area (Å²) in [6.45, 7) is 4.09. The first kappa shape index (κ1) is 16.9. The molecule has 3 aliphatic rings. The molecular formula is C22H19N3O3. The van der Waals surface area contributed by atoms with Gasteiger partial charge in [-0.25, -0.2) is 4.99 Å². The van der Waals surface area contributed by atoms with E-state index < -0.39 is 5.92 Å². The average molecular weight is 373 g/mol. The highest BCUT2D eigenvalue weighted by molar-refractivity contribution is 6.00. The molecule has 1 unspecified atom stereocenters. The maximum atomic E-state index is 13.2. The fourth-order valence-electron chi connectivity index (χ4n) is 4.48. The summed E-state index contributed by atoms with van der Waals surface area (Å²) >= 11 is 0. The minimum atomic E-state index is -0.501. The number of phenolic OH excluding ortho intramolecular Hbond substituents is 2. The fourth-order valence-corrected chi connectivity index (χ4v) is 4.48. The van der Waals surface area contributed by atoms with Crippen LogP contribution in [0.3, 0.4) is 0 Å². The summed E-state index contributed by atoms with van der Waals surface area (Å²) in [6, 6.07) is 9.55. The summed E-state index contributed by atoms with van der Waals surface area (Å²) in [5.41, 5.74) is 2.73. The summed E-state index contributed by atoms with van der Waals surface area (Å²) in [5, 5.41) is 30.2. The standard InChI is InChI=1S/C22H19N3O3/c1-22(2)8-13-16(14(26)9-22)15(11-6-4-3-5-7-11)17-19(24-13)20(27)12-10-23-25-18(12)21(17)28/h3-7,10,15,27-28H,8-9H2,1-2H3. The van der Waals surface area contributed by atoms with Gasteiger partial charge in [0.2, 0.25) is 0 Å². The minimum absolute atomic E-state index is 0.0297. The molecular weight excluding hydrogens is 354 g/mol. The second kappa shape index (κ2) is 5.61. The van der Waals surface area contributed by atoms with E-state index in [4.69, 9.17) is 0 Å². The second-order valence-electron chi connectivity index (χ2n) is 8.32. The number of hydrogen-bond donors (Lipinski definition) is 2. The number of fused-ring (bicyclic) bond motifs is 2. The molecule has 0 saturated carbocycles. The SMILES string of the molecule is CC1(C)CC(=O)C2=C(C1)N=c1c(O)c3c(c(O)c1C2c1ccccc1)=NN=C3. The quantitative estimate of drug-likeness (QED) is 0.752.